The van der Waals surface area contributed by atoms with E-state index in [2.05, 4.69) is 0 Å². The minimum absolute atomic E-state index is 0.0240. The topological polar surface area (TPSA) is 72.5 Å². The minimum Gasteiger partial charge on any atom is -0.488 e. The maximum absolute atomic E-state index is 11.2. The Morgan fingerprint density at radius 1 is 1.21 bits per heavy atom. The van der Waals surface area contributed by atoms with Crippen LogP contribution in [0.25, 0.3) is 0 Å². The molecular weight excluding hydrogens is 242 g/mol. The first-order chi connectivity index (χ1) is 9.09. The summed E-state index contributed by atoms with van der Waals surface area (Å²) >= 11 is 0. The van der Waals surface area contributed by atoms with E-state index in [-0.39, 0.29) is 11.3 Å². The van der Waals surface area contributed by atoms with Gasteiger partial charge in [-0.15, -0.1) is 0 Å². The second-order valence-corrected chi connectivity index (χ2v) is 4.25. The van der Waals surface area contributed by atoms with Gasteiger partial charge in [0, 0.05) is 0 Å². The Labute approximate surface area is 111 Å². The fourth-order valence-corrected chi connectivity index (χ4v) is 1.78. The molecule has 19 heavy (non-hydrogen) atoms. The number of rotatable bonds is 4. The molecule has 4 nitrogen and oxygen atoms in total. The van der Waals surface area contributed by atoms with Crippen molar-refractivity contribution in [3.05, 3.63) is 59.2 Å². The number of carbonyl (C=O) groups is 1. The van der Waals surface area contributed by atoms with Crippen LogP contribution in [0.1, 0.15) is 21.5 Å². The smallest absolute Gasteiger partial charge is 0.341 e. The lowest BCUT2D eigenvalue weighted by Crippen LogP contribution is -2.08. The average molecular weight is 257 g/mol. The molecule has 0 amide bonds. The van der Waals surface area contributed by atoms with Crippen molar-refractivity contribution < 1.29 is 14.6 Å². The van der Waals surface area contributed by atoms with E-state index in [0.717, 1.165) is 11.1 Å². The number of aryl methyl sites for hydroxylation is 1. The molecule has 3 N–H and O–H groups in total. The monoisotopic (exact) mass is 257 g/mol. The van der Waals surface area contributed by atoms with E-state index in [9.17, 15) is 9.90 Å². The van der Waals surface area contributed by atoms with Crippen molar-refractivity contribution >= 4 is 11.7 Å². The minimum atomic E-state index is -1.08. The summed E-state index contributed by atoms with van der Waals surface area (Å²) in [5, 5.41) is 9.21. The van der Waals surface area contributed by atoms with Gasteiger partial charge < -0.3 is 15.6 Å². The van der Waals surface area contributed by atoms with E-state index in [1.807, 2.05) is 30.3 Å². The summed E-state index contributed by atoms with van der Waals surface area (Å²) in [6, 6.07) is 12.9. The largest absolute Gasteiger partial charge is 0.488 e. The molecular formula is C15H15NO3. The molecule has 2 rings (SSSR count). The molecule has 2 aromatic carbocycles. The number of hydrogen-bond donors (Lipinski definition) is 2. The van der Waals surface area contributed by atoms with Crippen LogP contribution in [0.4, 0.5) is 5.69 Å². The molecule has 4 heteroatoms. The van der Waals surface area contributed by atoms with Crippen LogP contribution in [0.5, 0.6) is 5.75 Å². The zero-order valence-electron chi connectivity index (χ0n) is 10.6. The zero-order chi connectivity index (χ0) is 13.8. The van der Waals surface area contributed by atoms with Crippen molar-refractivity contribution in [2.24, 2.45) is 0 Å². The lowest BCUT2D eigenvalue weighted by molar-refractivity contribution is 0.0693. The summed E-state index contributed by atoms with van der Waals surface area (Å²) in [7, 11) is 0. The fourth-order valence-electron chi connectivity index (χ4n) is 1.78. The van der Waals surface area contributed by atoms with Crippen LogP contribution in [0.3, 0.4) is 0 Å². The van der Waals surface area contributed by atoms with E-state index in [1.54, 1.807) is 19.1 Å². The van der Waals surface area contributed by atoms with E-state index in [0.29, 0.717) is 12.4 Å². The van der Waals surface area contributed by atoms with E-state index in [4.69, 9.17) is 10.5 Å². The molecule has 0 heterocycles. The van der Waals surface area contributed by atoms with Crippen LogP contribution in [0.2, 0.25) is 0 Å². The zero-order valence-corrected chi connectivity index (χ0v) is 10.6. The van der Waals surface area contributed by atoms with Crippen LogP contribution >= 0.6 is 0 Å². The molecule has 0 radical (unpaired) electrons. The Bertz CT molecular complexity index is 594. The van der Waals surface area contributed by atoms with E-state index >= 15 is 0 Å². The number of carboxylic acids is 1. The van der Waals surface area contributed by atoms with E-state index in [1.165, 1.54) is 0 Å². The molecule has 98 valence electrons. The van der Waals surface area contributed by atoms with Gasteiger partial charge in [-0.3, -0.25) is 0 Å². The molecule has 0 aliphatic carbocycles. The molecule has 0 saturated carbocycles. The second kappa shape index (κ2) is 5.44. The Balaban J connectivity index is 2.26. The number of benzene rings is 2. The Morgan fingerprint density at radius 2 is 1.89 bits per heavy atom. The Morgan fingerprint density at radius 3 is 2.53 bits per heavy atom. The number of hydrogen-bond acceptors (Lipinski definition) is 3. The predicted octanol–water partition coefficient (Wildman–Crippen LogP) is 2.85. The number of aromatic carboxylic acids is 1. The number of nitrogens with two attached hydrogens (primary N) is 1. The molecule has 0 fully saturated rings. The fraction of sp³-hybridized carbons (Fsp3) is 0.133. The van der Waals surface area contributed by atoms with Crippen molar-refractivity contribution in [2.45, 2.75) is 13.5 Å². The van der Waals surface area contributed by atoms with Gasteiger partial charge in [0.1, 0.15) is 17.9 Å². The number of anilines is 1. The first-order valence-electron chi connectivity index (χ1n) is 5.88. The molecule has 0 bridgehead atoms. The summed E-state index contributed by atoms with van der Waals surface area (Å²) < 4.78 is 5.56. The normalized spacial score (nSPS) is 10.2. The lowest BCUT2D eigenvalue weighted by atomic mass is 10.1. The molecule has 0 spiro atoms. The molecule has 0 atom stereocenters. The summed E-state index contributed by atoms with van der Waals surface area (Å²) in [5.74, 6) is -0.788. The summed E-state index contributed by atoms with van der Waals surface area (Å²) in [6.07, 6.45) is 0. The van der Waals surface area contributed by atoms with Crippen molar-refractivity contribution in [3.63, 3.8) is 0 Å². The highest BCUT2D eigenvalue weighted by molar-refractivity contribution is 5.97. The van der Waals surface area contributed by atoms with Gasteiger partial charge in [0.05, 0.1) is 5.69 Å². The predicted molar refractivity (Wildman–Crippen MR) is 73.3 cm³/mol. The quantitative estimate of drug-likeness (QED) is 0.826. The summed E-state index contributed by atoms with van der Waals surface area (Å²) in [6.45, 7) is 2.08. The first kappa shape index (κ1) is 13.0. The first-order valence-corrected chi connectivity index (χ1v) is 5.88. The van der Waals surface area contributed by atoms with Gasteiger partial charge in [0.15, 0.2) is 0 Å². The molecule has 0 unspecified atom stereocenters. The molecule has 0 saturated heterocycles. The van der Waals surface area contributed by atoms with Crippen molar-refractivity contribution in [1.29, 1.82) is 0 Å². The van der Waals surface area contributed by atoms with Crippen LogP contribution < -0.4 is 10.5 Å². The van der Waals surface area contributed by atoms with Crippen molar-refractivity contribution in [2.75, 3.05) is 5.73 Å². The molecule has 0 aliphatic heterocycles. The maximum Gasteiger partial charge on any atom is 0.341 e. The number of carboxylic acid groups (broad SMARTS) is 1. The Kier molecular flexibility index (Phi) is 3.71. The highest BCUT2D eigenvalue weighted by Crippen LogP contribution is 2.28. The maximum atomic E-state index is 11.2. The number of ether oxygens (including phenoxy) is 1. The lowest BCUT2D eigenvalue weighted by Gasteiger charge is -2.12. The van der Waals surface area contributed by atoms with Crippen LogP contribution in [0, 0.1) is 6.92 Å². The van der Waals surface area contributed by atoms with Crippen LogP contribution in [-0.2, 0) is 6.61 Å². The van der Waals surface area contributed by atoms with Crippen molar-refractivity contribution in [3.8, 4) is 5.75 Å². The Hall–Kier alpha value is -2.49. The highest BCUT2D eigenvalue weighted by Gasteiger charge is 2.16. The van der Waals surface area contributed by atoms with Gasteiger partial charge in [-0.2, -0.15) is 0 Å². The molecule has 0 aliphatic rings. The highest BCUT2D eigenvalue weighted by atomic mass is 16.5. The van der Waals surface area contributed by atoms with Gasteiger partial charge >= 0.3 is 5.97 Å². The third-order valence-electron chi connectivity index (χ3n) is 2.88. The van der Waals surface area contributed by atoms with Crippen LogP contribution in [0.15, 0.2) is 42.5 Å². The molecule has 2 aromatic rings. The van der Waals surface area contributed by atoms with Gasteiger partial charge in [0.25, 0.3) is 0 Å². The van der Waals surface area contributed by atoms with E-state index < -0.39 is 5.97 Å². The molecule has 0 aromatic heterocycles. The third-order valence-corrected chi connectivity index (χ3v) is 2.88. The third kappa shape index (κ3) is 2.85. The van der Waals surface area contributed by atoms with Gasteiger partial charge in [-0.1, -0.05) is 36.4 Å². The van der Waals surface area contributed by atoms with Gasteiger partial charge in [0.2, 0.25) is 0 Å². The summed E-state index contributed by atoms with van der Waals surface area (Å²) in [4.78, 5) is 11.2. The average Bonchev–Trinajstić information content (AvgIpc) is 2.41. The SMILES string of the molecule is Cc1ccc(OCc2ccccc2)c(C(=O)O)c1N. The number of nitrogen functional groups attached to an aromatic ring is 1. The van der Waals surface area contributed by atoms with Gasteiger partial charge in [-0.05, 0) is 24.1 Å². The van der Waals surface area contributed by atoms with Crippen LogP contribution in [-0.4, -0.2) is 11.1 Å². The standard InChI is InChI=1S/C15H15NO3/c1-10-7-8-12(13(14(10)16)15(17)18)19-9-11-5-3-2-4-6-11/h2-8H,9,16H2,1H3,(H,17,18). The van der Waals surface area contributed by atoms with Gasteiger partial charge in [-0.25, -0.2) is 4.79 Å². The summed E-state index contributed by atoms with van der Waals surface area (Å²) in [5.41, 5.74) is 7.76. The van der Waals surface area contributed by atoms with Crippen molar-refractivity contribution in [1.82, 2.24) is 0 Å². The second-order valence-electron chi connectivity index (χ2n) is 4.25.